The SMILES string of the molecule is COC(=O)N(CC(=O)O)C1c2ccccc2-c2ccccc21. The summed E-state index contributed by atoms with van der Waals surface area (Å²) in [6.45, 7) is -0.417. The lowest BCUT2D eigenvalue weighted by atomic mass is 10.0. The van der Waals surface area contributed by atoms with Gasteiger partial charge in [-0.25, -0.2) is 4.79 Å². The van der Waals surface area contributed by atoms with Crippen LogP contribution in [0.25, 0.3) is 11.1 Å². The van der Waals surface area contributed by atoms with E-state index in [9.17, 15) is 9.59 Å². The van der Waals surface area contributed by atoms with Gasteiger partial charge in [0, 0.05) is 0 Å². The van der Waals surface area contributed by atoms with Crippen LogP contribution in [0.2, 0.25) is 0 Å². The number of fused-ring (bicyclic) bond motifs is 3. The lowest BCUT2D eigenvalue weighted by Crippen LogP contribution is -2.38. The van der Waals surface area contributed by atoms with Crippen LogP contribution in [-0.2, 0) is 9.53 Å². The fraction of sp³-hybridized carbons (Fsp3) is 0.176. The molecule has 1 N–H and O–H groups in total. The van der Waals surface area contributed by atoms with Crippen LogP contribution in [-0.4, -0.2) is 35.7 Å². The summed E-state index contributed by atoms with van der Waals surface area (Å²) >= 11 is 0. The summed E-state index contributed by atoms with van der Waals surface area (Å²) in [5.41, 5.74) is 3.86. The molecule has 2 aromatic rings. The van der Waals surface area contributed by atoms with E-state index in [0.717, 1.165) is 22.3 Å². The first-order chi connectivity index (χ1) is 10.6. The van der Waals surface area contributed by atoms with Crippen molar-refractivity contribution in [1.82, 2.24) is 4.90 Å². The van der Waals surface area contributed by atoms with Gasteiger partial charge in [0.15, 0.2) is 0 Å². The third-order valence-corrected chi connectivity index (χ3v) is 3.83. The van der Waals surface area contributed by atoms with Crippen molar-refractivity contribution in [3.63, 3.8) is 0 Å². The lowest BCUT2D eigenvalue weighted by Gasteiger charge is -2.27. The summed E-state index contributed by atoms with van der Waals surface area (Å²) in [7, 11) is 1.25. The quantitative estimate of drug-likeness (QED) is 0.946. The highest BCUT2D eigenvalue weighted by molar-refractivity contribution is 5.83. The fourth-order valence-electron chi connectivity index (χ4n) is 2.99. The number of carbonyl (C=O) groups is 2. The van der Waals surface area contributed by atoms with Crippen molar-refractivity contribution >= 4 is 12.1 Å². The van der Waals surface area contributed by atoms with Gasteiger partial charge in [0.05, 0.1) is 13.2 Å². The molecule has 0 unspecified atom stereocenters. The van der Waals surface area contributed by atoms with E-state index in [1.54, 1.807) is 0 Å². The van der Waals surface area contributed by atoms with Crippen LogP contribution < -0.4 is 0 Å². The van der Waals surface area contributed by atoms with Gasteiger partial charge in [-0.1, -0.05) is 48.5 Å². The van der Waals surface area contributed by atoms with Crippen LogP contribution >= 0.6 is 0 Å². The average Bonchev–Trinajstić information content (AvgIpc) is 2.86. The molecule has 0 saturated carbocycles. The lowest BCUT2D eigenvalue weighted by molar-refractivity contribution is -0.138. The Morgan fingerprint density at radius 3 is 2.00 bits per heavy atom. The van der Waals surface area contributed by atoms with Gasteiger partial charge in [0.1, 0.15) is 6.54 Å². The van der Waals surface area contributed by atoms with E-state index in [1.807, 2.05) is 48.5 Å². The second-order valence-corrected chi connectivity index (χ2v) is 5.07. The Labute approximate surface area is 127 Å². The summed E-state index contributed by atoms with van der Waals surface area (Å²) < 4.78 is 4.78. The summed E-state index contributed by atoms with van der Waals surface area (Å²) in [4.78, 5) is 24.5. The molecular weight excluding hydrogens is 282 g/mol. The Balaban J connectivity index is 2.16. The Morgan fingerprint density at radius 1 is 1.05 bits per heavy atom. The molecule has 0 aliphatic heterocycles. The molecule has 22 heavy (non-hydrogen) atoms. The van der Waals surface area contributed by atoms with Gasteiger partial charge in [0.2, 0.25) is 0 Å². The highest BCUT2D eigenvalue weighted by atomic mass is 16.5. The van der Waals surface area contributed by atoms with Crippen LogP contribution in [0.4, 0.5) is 4.79 Å². The molecule has 0 atom stereocenters. The first-order valence-corrected chi connectivity index (χ1v) is 6.88. The van der Waals surface area contributed by atoms with Crippen LogP contribution in [0.5, 0.6) is 0 Å². The Kier molecular flexibility index (Phi) is 3.55. The van der Waals surface area contributed by atoms with Crippen molar-refractivity contribution < 1.29 is 19.4 Å². The van der Waals surface area contributed by atoms with Gasteiger partial charge in [-0.05, 0) is 22.3 Å². The monoisotopic (exact) mass is 297 g/mol. The van der Waals surface area contributed by atoms with E-state index in [2.05, 4.69) is 0 Å². The molecule has 0 saturated heterocycles. The Hall–Kier alpha value is -2.82. The molecule has 2 aromatic carbocycles. The van der Waals surface area contributed by atoms with E-state index < -0.39 is 24.6 Å². The number of carboxylic acids is 1. The summed E-state index contributed by atoms with van der Waals surface area (Å²) in [6.07, 6.45) is -0.654. The van der Waals surface area contributed by atoms with Crippen molar-refractivity contribution in [2.75, 3.05) is 13.7 Å². The largest absolute Gasteiger partial charge is 0.480 e. The number of carbonyl (C=O) groups excluding carboxylic acids is 1. The van der Waals surface area contributed by atoms with E-state index in [0.29, 0.717) is 0 Å². The molecule has 0 radical (unpaired) electrons. The van der Waals surface area contributed by atoms with Crippen LogP contribution in [0.3, 0.4) is 0 Å². The standard InChI is InChI=1S/C17H15NO4/c1-22-17(21)18(10-15(19)20)16-13-8-4-2-6-11(13)12-7-3-5-9-14(12)16/h2-9,16H,10H2,1H3,(H,19,20). The van der Waals surface area contributed by atoms with Crippen molar-refractivity contribution in [3.8, 4) is 11.1 Å². The Bertz CT molecular complexity index is 695. The number of rotatable bonds is 3. The van der Waals surface area contributed by atoms with Crippen LogP contribution in [0, 0.1) is 0 Å². The summed E-state index contributed by atoms with van der Waals surface area (Å²) in [6, 6.07) is 15.0. The van der Waals surface area contributed by atoms with E-state index in [1.165, 1.54) is 12.0 Å². The van der Waals surface area contributed by atoms with Crippen molar-refractivity contribution in [1.29, 1.82) is 0 Å². The molecule has 112 valence electrons. The fourth-order valence-corrected chi connectivity index (χ4v) is 2.99. The number of aliphatic carboxylic acids is 1. The first-order valence-electron chi connectivity index (χ1n) is 6.88. The topological polar surface area (TPSA) is 66.8 Å². The smallest absolute Gasteiger partial charge is 0.410 e. The third-order valence-electron chi connectivity index (χ3n) is 3.83. The predicted molar refractivity (Wildman–Crippen MR) is 80.5 cm³/mol. The second kappa shape index (κ2) is 5.52. The van der Waals surface area contributed by atoms with Crippen molar-refractivity contribution in [2.24, 2.45) is 0 Å². The molecule has 1 amide bonds. The molecular formula is C17H15NO4. The van der Waals surface area contributed by atoms with E-state index in [-0.39, 0.29) is 0 Å². The third kappa shape index (κ3) is 2.20. The molecule has 5 nitrogen and oxygen atoms in total. The van der Waals surface area contributed by atoms with Crippen molar-refractivity contribution in [3.05, 3.63) is 59.7 Å². The Morgan fingerprint density at radius 2 is 1.55 bits per heavy atom. The minimum atomic E-state index is -1.08. The number of hydrogen-bond acceptors (Lipinski definition) is 3. The number of methoxy groups -OCH3 is 1. The van der Waals surface area contributed by atoms with Gasteiger partial charge in [-0.15, -0.1) is 0 Å². The van der Waals surface area contributed by atoms with Crippen LogP contribution in [0.15, 0.2) is 48.5 Å². The molecule has 3 rings (SSSR count). The molecule has 1 aliphatic rings. The number of nitrogens with zero attached hydrogens (tertiary/aromatic N) is 1. The van der Waals surface area contributed by atoms with Gasteiger partial charge in [-0.3, -0.25) is 9.69 Å². The highest BCUT2D eigenvalue weighted by Gasteiger charge is 2.36. The molecule has 0 heterocycles. The maximum Gasteiger partial charge on any atom is 0.410 e. The van der Waals surface area contributed by atoms with Gasteiger partial charge in [0.25, 0.3) is 0 Å². The second-order valence-electron chi connectivity index (χ2n) is 5.07. The molecule has 0 bridgehead atoms. The molecule has 1 aliphatic carbocycles. The zero-order valence-electron chi connectivity index (χ0n) is 12.0. The normalized spacial score (nSPS) is 12.4. The first kappa shape index (κ1) is 14.1. The predicted octanol–water partition coefficient (Wildman–Crippen LogP) is 2.91. The zero-order chi connectivity index (χ0) is 15.7. The number of hydrogen-bond donors (Lipinski definition) is 1. The highest BCUT2D eigenvalue weighted by Crippen LogP contribution is 2.46. The van der Waals surface area contributed by atoms with E-state index >= 15 is 0 Å². The van der Waals surface area contributed by atoms with E-state index in [4.69, 9.17) is 9.84 Å². The van der Waals surface area contributed by atoms with Crippen LogP contribution in [0.1, 0.15) is 17.2 Å². The number of ether oxygens (including phenoxy) is 1. The van der Waals surface area contributed by atoms with Gasteiger partial charge >= 0.3 is 12.1 Å². The number of benzene rings is 2. The van der Waals surface area contributed by atoms with Gasteiger partial charge in [-0.2, -0.15) is 0 Å². The van der Waals surface area contributed by atoms with Gasteiger partial charge < -0.3 is 9.84 Å². The molecule has 5 heteroatoms. The molecule has 0 aromatic heterocycles. The number of amides is 1. The minimum absolute atomic E-state index is 0.417. The zero-order valence-corrected chi connectivity index (χ0v) is 12.0. The molecule has 0 fully saturated rings. The van der Waals surface area contributed by atoms with Crippen molar-refractivity contribution in [2.45, 2.75) is 6.04 Å². The maximum absolute atomic E-state index is 12.1. The number of carboxylic acid groups (broad SMARTS) is 1. The molecule has 0 spiro atoms. The minimum Gasteiger partial charge on any atom is -0.480 e. The average molecular weight is 297 g/mol. The summed E-state index contributed by atoms with van der Waals surface area (Å²) in [5, 5.41) is 9.14. The summed E-state index contributed by atoms with van der Waals surface area (Å²) in [5.74, 6) is -1.08. The maximum atomic E-state index is 12.1.